The molecule has 0 rings (SSSR count). The second kappa shape index (κ2) is 18.6. The summed E-state index contributed by atoms with van der Waals surface area (Å²) < 4.78 is 0. The maximum Gasteiger partial charge on any atom is -0.00398 e. The summed E-state index contributed by atoms with van der Waals surface area (Å²) in [5, 5.41) is 12.2. The number of hydrogen-bond donors (Lipinski definition) is 4. The fourth-order valence-corrected chi connectivity index (χ4v) is 0.884. The zero-order valence-corrected chi connectivity index (χ0v) is 10.2. The first-order chi connectivity index (χ1) is 6.83. The second-order valence-corrected chi connectivity index (χ2v) is 3.12. The van der Waals surface area contributed by atoms with Gasteiger partial charge in [-0.05, 0) is 67.2 Å². The third-order valence-electron chi connectivity index (χ3n) is 1.71. The van der Waals surface area contributed by atoms with Gasteiger partial charge in [0.15, 0.2) is 0 Å². The van der Waals surface area contributed by atoms with E-state index in [1.165, 1.54) is 12.8 Å². The van der Waals surface area contributed by atoms with Crippen molar-refractivity contribution in [3.63, 3.8) is 0 Å². The molecule has 0 bridgehead atoms. The summed E-state index contributed by atoms with van der Waals surface area (Å²) in [6.07, 6.45) is 2.43. The Morgan fingerprint density at radius 3 is 0.857 bits per heavy atom. The molecule has 14 heavy (non-hydrogen) atoms. The maximum absolute atomic E-state index is 3.06. The van der Waals surface area contributed by atoms with Gasteiger partial charge in [-0.25, -0.2) is 0 Å². The summed E-state index contributed by atoms with van der Waals surface area (Å²) in [5.41, 5.74) is 0. The van der Waals surface area contributed by atoms with Crippen molar-refractivity contribution in [1.82, 2.24) is 21.3 Å². The van der Waals surface area contributed by atoms with Gasteiger partial charge in [-0.3, -0.25) is 0 Å². The summed E-state index contributed by atoms with van der Waals surface area (Å²) in [6.45, 7) is 4.45. The lowest BCUT2D eigenvalue weighted by atomic mass is 10.4. The molecule has 0 aliphatic heterocycles. The van der Waals surface area contributed by atoms with Crippen LogP contribution in [0.15, 0.2) is 0 Å². The minimum absolute atomic E-state index is 1.11. The molecule has 0 amide bonds. The van der Waals surface area contributed by atoms with Gasteiger partial charge < -0.3 is 21.3 Å². The van der Waals surface area contributed by atoms with Crippen LogP contribution in [0.3, 0.4) is 0 Å². The lowest BCUT2D eigenvalue weighted by molar-refractivity contribution is 0.676. The van der Waals surface area contributed by atoms with Crippen molar-refractivity contribution in [2.75, 3.05) is 54.4 Å². The summed E-state index contributed by atoms with van der Waals surface area (Å²) in [6, 6.07) is 0. The van der Waals surface area contributed by atoms with Gasteiger partial charge >= 0.3 is 0 Å². The largest absolute Gasteiger partial charge is 0.320 e. The van der Waals surface area contributed by atoms with Crippen LogP contribution in [-0.2, 0) is 0 Å². The Morgan fingerprint density at radius 1 is 0.500 bits per heavy atom. The molecular weight excluding hydrogens is 176 g/mol. The van der Waals surface area contributed by atoms with Crippen LogP contribution in [0, 0.1) is 0 Å². The average molecular weight is 204 g/mol. The molecule has 0 aliphatic rings. The standard InChI is InChI=1S/2C5H14N2/c2*1-6-4-3-5-7-2/h2*6-7H,3-5H2,1-2H3. The Kier molecular flexibility index (Phi) is 21.6. The monoisotopic (exact) mass is 204 g/mol. The van der Waals surface area contributed by atoms with E-state index in [4.69, 9.17) is 0 Å². The molecule has 4 N–H and O–H groups in total. The van der Waals surface area contributed by atoms with Gasteiger partial charge in [-0.2, -0.15) is 0 Å². The van der Waals surface area contributed by atoms with Crippen LogP contribution in [0.4, 0.5) is 0 Å². The molecule has 4 heteroatoms. The lowest BCUT2D eigenvalue weighted by Gasteiger charge is -1.95. The highest BCUT2D eigenvalue weighted by Gasteiger charge is 1.78. The van der Waals surface area contributed by atoms with E-state index in [0.29, 0.717) is 0 Å². The average Bonchev–Trinajstić information content (AvgIpc) is 2.21. The first-order valence-electron chi connectivity index (χ1n) is 5.41. The van der Waals surface area contributed by atoms with Gasteiger partial charge in [-0.15, -0.1) is 0 Å². The molecule has 0 aromatic rings. The van der Waals surface area contributed by atoms with Gasteiger partial charge in [0.05, 0.1) is 0 Å². The molecule has 0 radical (unpaired) electrons. The summed E-state index contributed by atoms with van der Waals surface area (Å²) in [4.78, 5) is 0. The fourth-order valence-electron chi connectivity index (χ4n) is 0.884. The molecule has 0 aromatic heterocycles. The van der Waals surface area contributed by atoms with Crippen LogP contribution in [0.25, 0.3) is 0 Å². The van der Waals surface area contributed by atoms with Crippen molar-refractivity contribution in [2.24, 2.45) is 0 Å². The van der Waals surface area contributed by atoms with Crippen molar-refractivity contribution in [3.8, 4) is 0 Å². The Labute approximate surface area is 89.2 Å². The van der Waals surface area contributed by atoms with E-state index in [0.717, 1.165) is 26.2 Å². The first kappa shape index (κ1) is 16.3. The van der Waals surface area contributed by atoms with Crippen molar-refractivity contribution >= 4 is 0 Å². The fraction of sp³-hybridized carbons (Fsp3) is 1.00. The van der Waals surface area contributed by atoms with Crippen LogP contribution in [0.2, 0.25) is 0 Å². The van der Waals surface area contributed by atoms with Crippen LogP contribution in [0.1, 0.15) is 12.8 Å². The van der Waals surface area contributed by atoms with Crippen molar-refractivity contribution in [1.29, 1.82) is 0 Å². The van der Waals surface area contributed by atoms with E-state index in [-0.39, 0.29) is 0 Å². The highest BCUT2D eigenvalue weighted by atomic mass is 14.8. The summed E-state index contributed by atoms with van der Waals surface area (Å²) in [7, 11) is 7.87. The zero-order valence-electron chi connectivity index (χ0n) is 10.2. The topological polar surface area (TPSA) is 48.1 Å². The molecule has 0 spiro atoms. The molecule has 0 atom stereocenters. The van der Waals surface area contributed by atoms with Crippen LogP contribution >= 0.6 is 0 Å². The third kappa shape index (κ3) is 22.6. The number of nitrogens with one attached hydrogen (secondary N) is 4. The van der Waals surface area contributed by atoms with Crippen molar-refractivity contribution in [3.05, 3.63) is 0 Å². The Morgan fingerprint density at radius 2 is 0.714 bits per heavy atom. The smallest absolute Gasteiger partial charge is 0.00398 e. The molecule has 4 nitrogen and oxygen atoms in total. The summed E-state index contributed by atoms with van der Waals surface area (Å²) >= 11 is 0. The number of rotatable bonds is 8. The van der Waals surface area contributed by atoms with Crippen molar-refractivity contribution in [2.45, 2.75) is 12.8 Å². The first-order valence-corrected chi connectivity index (χ1v) is 5.41. The van der Waals surface area contributed by atoms with E-state index in [9.17, 15) is 0 Å². The molecule has 0 saturated carbocycles. The van der Waals surface area contributed by atoms with Gasteiger partial charge in [0.25, 0.3) is 0 Å². The summed E-state index contributed by atoms with van der Waals surface area (Å²) in [5.74, 6) is 0. The van der Waals surface area contributed by atoms with E-state index in [1.807, 2.05) is 28.2 Å². The molecule has 0 unspecified atom stereocenters. The third-order valence-corrected chi connectivity index (χ3v) is 1.71. The molecule has 0 fully saturated rings. The maximum atomic E-state index is 3.06. The van der Waals surface area contributed by atoms with Crippen LogP contribution in [-0.4, -0.2) is 54.4 Å². The minimum atomic E-state index is 1.11. The SMILES string of the molecule is CNCCCNC.CNCCCNC. The predicted octanol–water partition coefficient (Wildman–Crippen LogP) is -0.369. The molecular formula is C10H28N4. The minimum Gasteiger partial charge on any atom is -0.320 e. The normalized spacial score (nSPS) is 9.43. The van der Waals surface area contributed by atoms with Crippen LogP contribution < -0.4 is 21.3 Å². The highest BCUT2D eigenvalue weighted by molar-refractivity contribution is 4.42. The molecule has 0 aromatic carbocycles. The van der Waals surface area contributed by atoms with Gasteiger partial charge in [0.2, 0.25) is 0 Å². The second-order valence-electron chi connectivity index (χ2n) is 3.12. The van der Waals surface area contributed by atoms with Crippen LogP contribution in [0.5, 0.6) is 0 Å². The Balaban J connectivity index is 0. The van der Waals surface area contributed by atoms with E-state index < -0.39 is 0 Å². The number of hydrogen-bond acceptors (Lipinski definition) is 4. The molecule has 0 heterocycles. The Bertz CT molecular complexity index is 60.5. The van der Waals surface area contributed by atoms with E-state index in [2.05, 4.69) is 21.3 Å². The highest BCUT2D eigenvalue weighted by Crippen LogP contribution is 1.67. The quantitative estimate of drug-likeness (QED) is 0.408. The molecule has 0 aliphatic carbocycles. The molecule has 0 saturated heterocycles. The van der Waals surface area contributed by atoms with E-state index in [1.54, 1.807) is 0 Å². The Hall–Kier alpha value is -0.160. The van der Waals surface area contributed by atoms with Gasteiger partial charge in [0, 0.05) is 0 Å². The zero-order chi connectivity index (χ0) is 11.1. The predicted molar refractivity (Wildman–Crippen MR) is 64.9 cm³/mol. The lowest BCUT2D eigenvalue weighted by Crippen LogP contribution is -2.15. The van der Waals surface area contributed by atoms with Crippen molar-refractivity contribution < 1.29 is 0 Å². The van der Waals surface area contributed by atoms with E-state index >= 15 is 0 Å². The molecule has 88 valence electrons. The van der Waals surface area contributed by atoms with Gasteiger partial charge in [0.1, 0.15) is 0 Å². The van der Waals surface area contributed by atoms with Gasteiger partial charge in [-0.1, -0.05) is 0 Å².